The molecule has 1 aliphatic carbocycles. The standard InChI is InChI=1S/C14H18N2O/c1-10-3-5-12(6-4-10)13-7-14(16-9-17)11(2)15-8-13/h7-8,10,12H,3-6H2,1-2H3. The highest BCUT2D eigenvalue weighted by molar-refractivity contribution is 5.52. The summed E-state index contributed by atoms with van der Waals surface area (Å²) in [7, 11) is 0. The number of nitrogens with zero attached hydrogens (tertiary/aromatic N) is 2. The molecule has 0 amide bonds. The maximum Gasteiger partial charge on any atom is 0.240 e. The summed E-state index contributed by atoms with van der Waals surface area (Å²) in [5.41, 5.74) is 2.67. The minimum absolute atomic E-state index is 0.583. The van der Waals surface area contributed by atoms with Crippen LogP contribution in [-0.2, 0) is 4.79 Å². The second kappa shape index (κ2) is 5.24. The summed E-state index contributed by atoms with van der Waals surface area (Å²) in [5.74, 6) is 1.43. The quantitative estimate of drug-likeness (QED) is 0.575. The molecule has 0 bridgehead atoms. The van der Waals surface area contributed by atoms with Crippen LogP contribution < -0.4 is 0 Å². The normalized spacial score (nSPS) is 24.1. The Hall–Kier alpha value is -1.47. The number of aryl methyl sites for hydroxylation is 1. The molecule has 2 rings (SSSR count). The highest BCUT2D eigenvalue weighted by Crippen LogP contribution is 2.36. The molecule has 17 heavy (non-hydrogen) atoms. The Bertz CT molecular complexity index is 442. The molecule has 0 aromatic carbocycles. The summed E-state index contributed by atoms with van der Waals surface area (Å²) < 4.78 is 0. The number of hydrogen-bond donors (Lipinski definition) is 0. The van der Waals surface area contributed by atoms with Crippen molar-refractivity contribution in [3.63, 3.8) is 0 Å². The third-order valence-corrected chi connectivity index (χ3v) is 3.73. The summed E-state index contributed by atoms with van der Waals surface area (Å²) >= 11 is 0. The van der Waals surface area contributed by atoms with E-state index in [4.69, 9.17) is 0 Å². The van der Waals surface area contributed by atoms with Gasteiger partial charge in [-0.1, -0.05) is 19.8 Å². The van der Waals surface area contributed by atoms with E-state index in [0.29, 0.717) is 11.6 Å². The summed E-state index contributed by atoms with van der Waals surface area (Å²) in [4.78, 5) is 18.4. The van der Waals surface area contributed by atoms with Crippen LogP contribution in [0.2, 0.25) is 0 Å². The zero-order valence-corrected chi connectivity index (χ0v) is 10.4. The number of pyridine rings is 1. The lowest BCUT2D eigenvalue weighted by Gasteiger charge is -2.26. The van der Waals surface area contributed by atoms with E-state index in [-0.39, 0.29) is 0 Å². The first-order chi connectivity index (χ1) is 8.20. The first-order valence-electron chi connectivity index (χ1n) is 6.25. The fourth-order valence-corrected chi connectivity index (χ4v) is 2.52. The number of aliphatic imine (C=N–C) groups is 1. The molecule has 1 aromatic heterocycles. The minimum atomic E-state index is 0.583. The summed E-state index contributed by atoms with van der Waals surface area (Å²) in [6, 6.07) is 1.99. The van der Waals surface area contributed by atoms with E-state index in [1.807, 2.05) is 19.2 Å². The maximum absolute atomic E-state index is 10.3. The molecular weight excluding hydrogens is 212 g/mol. The van der Waals surface area contributed by atoms with E-state index in [0.717, 1.165) is 11.6 Å². The van der Waals surface area contributed by atoms with Gasteiger partial charge in [-0.2, -0.15) is 4.99 Å². The molecule has 3 nitrogen and oxygen atoms in total. The molecule has 0 atom stereocenters. The zero-order valence-electron chi connectivity index (χ0n) is 10.4. The molecular formula is C14H18N2O. The maximum atomic E-state index is 10.3. The summed E-state index contributed by atoms with van der Waals surface area (Å²) in [6.07, 6.45) is 8.53. The van der Waals surface area contributed by atoms with E-state index >= 15 is 0 Å². The van der Waals surface area contributed by atoms with Crippen molar-refractivity contribution in [2.45, 2.75) is 45.4 Å². The van der Waals surface area contributed by atoms with Crippen molar-refractivity contribution in [2.24, 2.45) is 10.9 Å². The summed E-state index contributed by atoms with van der Waals surface area (Å²) in [6.45, 7) is 4.18. The predicted octanol–water partition coefficient (Wildman–Crippen LogP) is 3.65. The van der Waals surface area contributed by atoms with E-state index in [1.165, 1.54) is 31.2 Å². The fourth-order valence-electron chi connectivity index (χ4n) is 2.52. The molecule has 1 saturated carbocycles. The third-order valence-electron chi connectivity index (χ3n) is 3.73. The molecule has 1 aromatic rings. The lowest BCUT2D eigenvalue weighted by Crippen LogP contribution is -2.11. The minimum Gasteiger partial charge on any atom is -0.259 e. The van der Waals surface area contributed by atoms with Crippen LogP contribution >= 0.6 is 0 Å². The van der Waals surface area contributed by atoms with Gasteiger partial charge in [-0.3, -0.25) is 4.98 Å². The molecule has 3 heteroatoms. The number of aromatic nitrogens is 1. The average molecular weight is 230 g/mol. The van der Waals surface area contributed by atoms with Gasteiger partial charge in [0.05, 0.1) is 11.4 Å². The number of carbonyl (C=O) groups excluding carboxylic acids is 1. The van der Waals surface area contributed by atoms with Gasteiger partial charge < -0.3 is 0 Å². The van der Waals surface area contributed by atoms with Gasteiger partial charge in [-0.15, -0.1) is 0 Å². The monoisotopic (exact) mass is 230 g/mol. The van der Waals surface area contributed by atoms with Crippen molar-refractivity contribution in [3.8, 4) is 0 Å². The molecule has 0 saturated heterocycles. The van der Waals surface area contributed by atoms with Gasteiger partial charge in [0, 0.05) is 6.20 Å². The second-order valence-corrected chi connectivity index (χ2v) is 5.03. The van der Waals surface area contributed by atoms with Crippen LogP contribution in [0.1, 0.15) is 49.8 Å². The van der Waals surface area contributed by atoms with Gasteiger partial charge >= 0.3 is 0 Å². The van der Waals surface area contributed by atoms with Gasteiger partial charge in [0.1, 0.15) is 0 Å². The molecule has 0 N–H and O–H groups in total. The lowest BCUT2D eigenvalue weighted by atomic mass is 9.80. The molecule has 0 radical (unpaired) electrons. The smallest absolute Gasteiger partial charge is 0.240 e. The zero-order chi connectivity index (χ0) is 12.3. The van der Waals surface area contributed by atoms with Crippen molar-refractivity contribution in [1.29, 1.82) is 0 Å². The Morgan fingerprint density at radius 3 is 2.71 bits per heavy atom. The van der Waals surface area contributed by atoms with Crippen molar-refractivity contribution in [1.82, 2.24) is 4.98 Å². The molecule has 0 spiro atoms. The van der Waals surface area contributed by atoms with Crippen LogP contribution in [0, 0.1) is 12.8 Å². The Kier molecular flexibility index (Phi) is 3.70. The van der Waals surface area contributed by atoms with Crippen molar-refractivity contribution in [3.05, 3.63) is 23.5 Å². The van der Waals surface area contributed by atoms with E-state index < -0.39 is 0 Å². The van der Waals surface area contributed by atoms with Gasteiger partial charge in [0.15, 0.2) is 0 Å². The largest absolute Gasteiger partial charge is 0.259 e. The SMILES string of the molecule is Cc1ncc(C2CCC(C)CC2)cc1N=C=O. The third kappa shape index (κ3) is 2.80. The summed E-state index contributed by atoms with van der Waals surface area (Å²) in [5, 5.41) is 0. The first kappa shape index (κ1) is 12.0. The van der Waals surface area contributed by atoms with Gasteiger partial charge in [0.2, 0.25) is 6.08 Å². The van der Waals surface area contributed by atoms with Crippen LogP contribution in [-0.4, -0.2) is 11.1 Å². The highest BCUT2D eigenvalue weighted by atomic mass is 16.1. The topological polar surface area (TPSA) is 42.3 Å². The fraction of sp³-hybridized carbons (Fsp3) is 0.571. The van der Waals surface area contributed by atoms with Crippen LogP contribution in [0.25, 0.3) is 0 Å². The molecule has 0 aliphatic heterocycles. The van der Waals surface area contributed by atoms with Crippen LogP contribution in [0.5, 0.6) is 0 Å². The average Bonchev–Trinajstić information content (AvgIpc) is 2.33. The molecule has 1 aliphatic rings. The highest BCUT2D eigenvalue weighted by Gasteiger charge is 2.20. The Morgan fingerprint density at radius 2 is 2.06 bits per heavy atom. The molecule has 0 unspecified atom stereocenters. The van der Waals surface area contributed by atoms with Crippen LogP contribution in [0.4, 0.5) is 5.69 Å². The van der Waals surface area contributed by atoms with E-state index in [1.54, 1.807) is 6.08 Å². The lowest BCUT2D eigenvalue weighted by molar-refractivity contribution is 0.347. The van der Waals surface area contributed by atoms with E-state index in [9.17, 15) is 4.79 Å². The predicted molar refractivity (Wildman–Crippen MR) is 67.1 cm³/mol. The number of hydrogen-bond acceptors (Lipinski definition) is 3. The number of isocyanates is 1. The molecule has 1 fully saturated rings. The van der Waals surface area contributed by atoms with Gasteiger partial charge in [-0.05, 0) is 43.2 Å². The molecule has 90 valence electrons. The Balaban J connectivity index is 2.21. The van der Waals surface area contributed by atoms with Crippen LogP contribution in [0.3, 0.4) is 0 Å². The van der Waals surface area contributed by atoms with Gasteiger partial charge in [-0.25, -0.2) is 4.79 Å². The Morgan fingerprint density at radius 1 is 1.35 bits per heavy atom. The Labute approximate surface area is 102 Å². The number of rotatable bonds is 2. The van der Waals surface area contributed by atoms with E-state index in [2.05, 4.69) is 16.9 Å². The van der Waals surface area contributed by atoms with Crippen molar-refractivity contribution >= 4 is 11.8 Å². The van der Waals surface area contributed by atoms with Crippen molar-refractivity contribution < 1.29 is 4.79 Å². The first-order valence-corrected chi connectivity index (χ1v) is 6.25. The van der Waals surface area contributed by atoms with Gasteiger partial charge in [0.25, 0.3) is 0 Å². The second-order valence-electron chi connectivity index (χ2n) is 5.03. The van der Waals surface area contributed by atoms with Crippen molar-refractivity contribution in [2.75, 3.05) is 0 Å². The molecule has 1 heterocycles. The van der Waals surface area contributed by atoms with Crippen LogP contribution in [0.15, 0.2) is 17.3 Å².